The average molecular weight is 400 g/mol. The fourth-order valence-electron chi connectivity index (χ4n) is 3.12. The Morgan fingerprint density at radius 2 is 2.07 bits per heavy atom. The van der Waals surface area contributed by atoms with Crippen molar-refractivity contribution in [3.05, 3.63) is 42.5 Å². The van der Waals surface area contributed by atoms with Crippen molar-refractivity contribution < 1.29 is 9.59 Å². The third-order valence-corrected chi connectivity index (χ3v) is 5.50. The van der Waals surface area contributed by atoms with Gasteiger partial charge in [-0.1, -0.05) is 41.6 Å². The van der Waals surface area contributed by atoms with E-state index in [0.29, 0.717) is 11.7 Å². The molecule has 0 saturated carbocycles. The van der Waals surface area contributed by atoms with Gasteiger partial charge in [0.15, 0.2) is 11.0 Å². The van der Waals surface area contributed by atoms with E-state index >= 15 is 0 Å². The number of nitrogens with one attached hydrogen (secondary N) is 1. The quantitative estimate of drug-likeness (QED) is 0.544. The molecular weight excluding hydrogens is 374 g/mol. The third-order valence-electron chi connectivity index (χ3n) is 4.53. The molecule has 0 unspecified atom stereocenters. The van der Waals surface area contributed by atoms with Crippen molar-refractivity contribution in [3.63, 3.8) is 0 Å². The van der Waals surface area contributed by atoms with Crippen molar-refractivity contribution in [2.75, 3.05) is 25.4 Å². The number of nitrogens with zero attached hydrogens (tertiary/aromatic N) is 4. The maximum Gasteiger partial charge on any atom is 0.241 e. The largest absolute Gasteiger partial charge is 0.346 e. The Balaban J connectivity index is 1.60. The van der Waals surface area contributed by atoms with Crippen molar-refractivity contribution in [2.24, 2.45) is 0 Å². The van der Waals surface area contributed by atoms with Gasteiger partial charge in [0.2, 0.25) is 11.8 Å². The van der Waals surface area contributed by atoms with Crippen LogP contribution in [0.25, 0.3) is 11.4 Å². The van der Waals surface area contributed by atoms with E-state index in [1.807, 2.05) is 29.7 Å². The molecule has 0 bridgehead atoms. The molecule has 0 spiro atoms. The molecule has 148 valence electrons. The Bertz CT molecular complexity index is 858. The van der Waals surface area contributed by atoms with Gasteiger partial charge in [-0.25, -0.2) is 0 Å². The zero-order chi connectivity index (χ0) is 19.9. The topological polar surface area (TPSA) is 80.1 Å². The number of amides is 2. The summed E-state index contributed by atoms with van der Waals surface area (Å²) < 4.78 is 1.94. The average Bonchev–Trinajstić information content (AvgIpc) is 3.35. The Hall–Kier alpha value is -2.61. The summed E-state index contributed by atoms with van der Waals surface area (Å²) in [6, 6.07) is 8.05. The lowest BCUT2D eigenvalue weighted by atomic mass is 10.1. The van der Waals surface area contributed by atoms with Crippen LogP contribution in [0.3, 0.4) is 0 Å². The fourth-order valence-corrected chi connectivity index (χ4v) is 3.90. The van der Waals surface area contributed by atoms with Crippen molar-refractivity contribution >= 4 is 23.6 Å². The van der Waals surface area contributed by atoms with Gasteiger partial charge in [0.25, 0.3) is 0 Å². The zero-order valence-corrected chi connectivity index (χ0v) is 16.9. The minimum absolute atomic E-state index is 0.0209. The number of aromatic nitrogens is 3. The normalized spacial score (nSPS) is 13.5. The van der Waals surface area contributed by atoms with E-state index < -0.39 is 0 Å². The number of allylic oxidation sites excluding steroid dienone is 1. The fraction of sp³-hybridized carbons (Fsp3) is 0.400. The number of hydrogen-bond acceptors (Lipinski definition) is 5. The highest BCUT2D eigenvalue weighted by atomic mass is 32.2. The zero-order valence-electron chi connectivity index (χ0n) is 16.1. The highest BCUT2D eigenvalue weighted by Gasteiger charge is 2.19. The predicted molar refractivity (Wildman–Crippen MR) is 110 cm³/mol. The molecule has 8 heteroatoms. The molecule has 3 rings (SSSR count). The highest BCUT2D eigenvalue weighted by molar-refractivity contribution is 7.99. The second-order valence-electron chi connectivity index (χ2n) is 6.73. The Kier molecular flexibility index (Phi) is 6.86. The Labute approximate surface area is 169 Å². The number of carbonyl (C=O) groups is 2. The molecule has 1 aromatic heterocycles. The molecule has 1 aromatic carbocycles. The number of likely N-dealkylation sites (tertiary alicyclic amines) is 1. The SMILES string of the molecule is C=CCn1c(SCC(=O)NCC(=O)N2CCCC2)nnc1-c1cccc(C)c1. The van der Waals surface area contributed by atoms with Crippen LogP contribution in [-0.4, -0.2) is 56.9 Å². The molecule has 1 saturated heterocycles. The van der Waals surface area contributed by atoms with Crippen LogP contribution in [-0.2, 0) is 16.1 Å². The molecule has 1 aliphatic heterocycles. The first-order valence-electron chi connectivity index (χ1n) is 9.37. The first kappa shape index (κ1) is 20.1. The summed E-state index contributed by atoms with van der Waals surface area (Å²) in [4.78, 5) is 26.0. The molecular formula is C20H25N5O2S. The van der Waals surface area contributed by atoms with Crippen LogP contribution in [0.4, 0.5) is 0 Å². The summed E-state index contributed by atoms with van der Waals surface area (Å²) in [5, 5.41) is 11.9. The number of rotatable bonds is 8. The van der Waals surface area contributed by atoms with Gasteiger partial charge >= 0.3 is 0 Å². The predicted octanol–water partition coefficient (Wildman–Crippen LogP) is 2.27. The summed E-state index contributed by atoms with van der Waals surface area (Å²) in [5.74, 6) is 0.710. The maximum absolute atomic E-state index is 12.1. The summed E-state index contributed by atoms with van der Waals surface area (Å²) in [7, 11) is 0. The van der Waals surface area contributed by atoms with E-state index in [0.717, 1.165) is 42.9 Å². The Morgan fingerprint density at radius 1 is 1.29 bits per heavy atom. The van der Waals surface area contributed by atoms with Crippen molar-refractivity contribution in [2.45, 2.75) is 31.5 Å². The summed E-state index contributed by atoms with van der Waals surface area (Å²) in [6.07, 6.45) is 3.86. The maximum atomic E-state index is 12.1. The third kappa shape index (κ3) is 5.01. The van der Waals surface area contributed by atoms with Gasteiger partial charge < -0.3 is 10.2 Å². The van der Waals surface area contributed by atoms with Gasteiger partial charge in [0.05, 0.1) is 12.3 Å². The monoisotopic (exact) mass is 399 g/mol. The number of aryl methyl sites for hydroxylation is 1. The van der Waals surface area contributed by atoms with E-state index in [1.165, 1.54) is 11.8 Å². The highest BCUT2D eigenvalue weighted by Crippen LogP contribution is 2.24. The molecule has 0 radical (unpaired) electrons. The minimum atomic E-state index is -0.192. The standard InChI is InChI=1S/C20H25N5O2S/c1-3-9-25-19(16-8-6-7-15(2)12-16)22-23-20(25)28-14-17(26)21-13-18(27)24-10-4-5-11-24/h3,6-8,12H,1,4-5,9-11,13-14H2,2H3,(H,21,26). The van der Waals surface area contributed by atoms with Crippen LogP contribution in [0.5, 0.6) is 0 Å². The second-order valence-corrected chi connectivity index (χ2v) is 7.67. The van der Waals surface area contributed by atoms with E-state index in [2.05, 4.69) is 28.2 Å². The summed E-state index contributed by atoms with van der Waals surface area (Å²) in [5.41, 5.74) is 2.11. The summed E-state index contributed by atoms with van der Waals surface area (Å²) in [6.45, 7) is 8.01. The molecule has 28 heavy (non-hydrogen) atoms. The van der Waals surface area contributed by atoms with Gasteiger partial charge in [-0.05, 0) is 25.8 Å². The Morgan fingerprint density at radius 3 is 2.79 bits per heavy atom. The molecule has 1 aliphatic rings. The van der Waals surface area contributed by atoms with Crippen molar-refractivity contribution in [1.29, 1.82) is 0 Å². The van der Waals surface area contributed by atoms with Crippen molar-refractivity contribution in [1.82, 2.24) is 25.0 Å². The van der Waals surface area contributed by atoms with Gasteiger partial charge in [-0.2, -0.15) is 0 Å². The van der Waals surface area contributed by atoms with E-state index in [4.69, 9.17) is 0 Å². The number of benzene rings is 1. The first-order chi connectivity index (χ1) is 13.6. The first-order valence-corrected chi connectivity index (χ1v) is 10.4. The van der Waals surface area contributed by atoms with Crippen LogP contribution >= 0.6 is 11.8 Å². The van der Waals surface area contributed by atoms with Crippen LogP contribution in [0.15, 0.2) is 42.1 Å². The number of carbonyl (C=O) groups excluding carboxylic acids is 2. The van der Waals surface area contributed by atoms with Gasteiger partial charge in [-0.15, -0.1) is 16.8 Å². The van der Waals surface area contributed by atoms with E-state index in [-0.39, 0.29) is 24.1 Å². The van der Waals surface area contributed by atoms with E-state index in [1.54, 1.807) is 11.0 Å². The molecule has 7 nitrogen and oxygen atoms in total. The van der Waals surface area contributed by atoms with Gasteiger partial charge in [0.1, 0.15) is 0 Å². The molecule has 1 N–H and O–H groups in total. The second kappa shape index (κ2) is 9.54. The smallest absolute Gasteiger partial charge is 0.241 e. The number of thioether (sulfide) groups is 1. The molecule has 1 fully saturated rings. The molecule has 2 heterocycles. The molecule has 0 atom stereocenters. The lowest BCUT2D eigenvalue weighted by Crippen LogP contribution is -2.39. The van der Waals surface area contributed by atoms with Crippen LogP contribution in [0.2, 0.25) is 0 Å². The van der Waals surface area contributed by atoms with Gasteiger partial charge in [-0.3, -0.25) is 14.2 Å². The van der Waals surface area contributed by atoms with Crippen molar-refractivity contribution in [3.8, 4) is 11.4 Å². The van der Waals surface area contributed by atoms with Crippen LogP contribution in [0.1, 0.15) is 18.4 Å². The minimum Gasteiger partial charge on any atom is -0.346 e. The van der Waals surface area contributed by atoms with E-state index in [9.17, 15) is 9.59 Å². The van der Waals surface area contributed by atoms with Crippen LogP contribution < -0.4 is 5.32 Å². The molecule has 0 aliphatic carbocycles. The van der Waals surface area contributed by atoms with Gasteiger partial charge in [0, 0.05) is 25.2 Å². The lowest BCUT2D eigenvalue weighted by Gasteiger charge is -2.15. The lowest BCUT2D eigenvalue weighted by molar-refractivity contribution is -0.131. The van der Waals surface area contributed by atoms with Crippen LogP contribution in [0, 0.1) is 6.92 Å². The molecule has 2 amide bonds. The summed E-state index contributed by atoms with van der Waals surface area (Å²) >= 11 is 1.30. The molecule has 2 aromatic rings. The number of hydrogen-bond donors (Lipinski definition) is 1.